The summed E-state index contributed by atoms with van der Waals surface area (Å²) in [5, 5.41) is 4.13. The van der Waals surface area contributed by atoms with Crippen molar-refractivity contribution in [3.05, 3.63) is 78.2 Å². The molecular weight excluding hydrogens is 346 g/mol. The summed E-state index contributed by atoms with van der Waals surface area (Å²) in [6.45, 7) is -1.11. The van der Waals surface area contributed by atoms with Crippen LogP contribution in [0.1, 0.15) is 11.1 Å². The lowest BCUT2D eigenvalue weighted by molar-refractivity contribution is 0.484. The third-order valence-corrected chi connectivity index (χ3v) is 4.29. The lowest BCUT2D eigenvalue weighted by Crippen LogP contribution is -1.96. The highest BCUT2D eigenvalue weighted by Crippen LogP contribution is 2.29. The molecule has 0 fully saturated rings. The predicted molar refractivity (Wildman–Crippen MR) is 102 cm³/mol. The van der Waals surface area contributed by atoms with E-state index < -0.39 is 13.3 Å². The molecule has 4 nitrogen and oxygen atoms in total. The maximum atomic E-state index is 13.2. The fourth-order valence-corrected chi connectivity index (χ4v) is 2.93. The van der Waals surface area contributed by atoms with Gasteiger partial charge in [-0.25, -0.2) is 13.8 Å². The Bertz CT molecular complexity index is 1080. The number of aromatic nitrogens is 3. The van der Waals surface area contributed by atoms with Crippen molar-refractivity contribution < 1.29 is 8.78 Å². The first-order chi connectivity index (χ1) is 13.3. The van der Waals surface area contributed by atoms with E-state index in [4.69, 9.17) is 0 Å². The highest BCUT2D eigenvalue weighted by Gasteiger charge is 2.09. The quantitative estimate of drug-likeness (QED) is 0.518. The number of rotatable bonds is 5. The third-order valence-electron chi connectivity index (χ3n) is 4.29. The van der Waals surface area contributed by atoms with Crippen molar-refractivity contribution in [1.82, 2.24) is 15.0 Å². The summed E-state index contributed by atoms with van der Waals surface area (Å²) in [6.07, 6.45) is 4.85. The van der Waals surface area contributed by atoms with Gasteiger partial charge in [0.05, 0.1) is 16.9 Å². The van der Waals surface area contributed by atoms with Crippen LogP contribution in [0, 0.1) is 0 Å². The second-order valence-electron chi connectivity index (χ2n) is 6.05. The van der Waals surface area contributed by atoms with Crippen LogP contribution < -0.4 is 5.32 Å². The smallest absolute Gasteiger partial charge is 0.130 e. The molecule has 27 heavy (non-hydrogen) atoms. The second-order valence-corrected chi connectivity index (χ2v) is 6.05. The highest BCUT2D eigenvalue weighted by molar-refractivity contribution is 5.94. The minimum Gasteiger partial charge on any atom is -0.340 e. The maximum Gasteiger partial charge on any atom is 0.130 e. The van der Waals surface area contributed by atoms with E-state index in [1.807, 2.05) is 24.3 Å². The Morgan fingerprint density at radius 1 is 0.852 bits per heavy atom. The number of nitrogens with one attached hydrogen (secondary N) is 1. The average molecular weight is 362 g/mol. The van der Waals surface area contributed by atoms with Gasteiger partial charge in [-0.3, -0.25) is 9.97 Å². The van der Waals surface area contributed by atoms with E-state index in [0.717, 1.165) is 22.2 Å². The molecule has 3 heterocycles. The van der Waals surface area contributed by atoms with Crippen molar-refractivity contribution >= 4 is 22.4 Å². The zero-order valence-corrected chi connectivity index (χ0v) is 14.4. The Labute approximate surface area is 154 Å². The minimum atomic E-state index is -0.573. The Balaban J connectivity index is 1.71. The standard InChI is InChI=1S/C21H16F2N4/c22-11-14-3-6-20(26-13-14)27-18-7-9-24-19-10-15(4-5-17(18)19)21-16(12-23)2-1-8-25-21/h1-10,13H,11-12H2,(H,24,26,27). The zero-order chi connectivity index (χ0) is 18.6. The van der Waals surface area contributed by atoms with Crippen molar-refractivity contribution in [3.63, 3.8) is 0 Å². The van der Waals surface area contributed by atoms with E-state index in [9.17, 15) is 8.78 Å². The Morgan fingerprint density at radius 2 is 1.78 bits per heavy atom. The summed E-state index contributed by atoms with van der Waals surface area (Å²) in [7, 11) is 0. The molecule has 0 saturated carbocycles. The average Bonchev–Trinajstić information content (AvgIpc) is 2.74. The molecule has 4 aromatic rings. The Hall–Kier alpha value is -3.41. The number of fused-ring (bicyclic) bond motifs is 1. The van der Waals surface area contributed by atoms with Crippen molar-refractivity contribution in [2.24, 2.45) is 0 Å². The van der Waals surface area contributed by atoms with Crippen molar-refractivity contribution in [2.75, 3.05) is 5.32 Å². The molecular formula is C21H16F2N4. The monoisotopic (exact) mass is 362 g/mol. The number of alkyl halides is 2. The van der Waals surface area contributed by atoms with E-state index in [-0.39, 0.29) is 0 Å². The van der Waals surface area contributed by atoms with Crippen LogP contribution in [-0.4, -0.2) is 15.0 Å². The van der Waals surface area contributed by atoms with Gasteiger partial charge in [0, 0.05) is 40.7 Å². The van der Waals surface area contributed by atoms with Gasteiger partial charge in [0.15, 0.2) is 0 Å². The Kier molecular flexibility index (Phi) is 4.70. The summed E-state index contributed by atoms with van der Waals surface area (Å²) >= 11 is 0. The van der Waals surface area contributed by atoms with Crippen LogP contribution in [0.4, 0.5) is 20.3 Å². The van der Waals surface area contributed by atoms with Gasteiger partial charge in [-0.2, -0.15) is 0 Å². The molecule has 0 atom stereocenters. The van der Waals surface area contributed by atoms with Gasteiger partial charge in [0.1, 0.15) is 19.2 Å². The summed E-state index contributed by atoms with van der Waals surface area (Å²) in [6, 6.07) is 14.4. The number of benzene rings is 1. The number of hydrogen-bond donors (Lipinski definition) is 1. The molecule has 0 aliphatic carbocycles. The summed E-state index contributed by atoms with van der Waals surface area (Å²) in [4.78, 5) is 12.9. The molecule has 0 spiro atoms. The van der Waals surface area contributed by atoms with Crippen molar-refractivity contribution in [2.45, 2.75) is 13.3 Å². The van der Waals surface area contributed by atoms with Crippen molar-refractivity contribution in [1.29, 1.82) is 0 Å². The van der Waals surface area contributed by atoms with E-state index in [0.29, 0.717) is 22.6 Å². The molecule has 6 heteroatoms. The number of hydrogen-bond acceptors (Lipinski definition) is 4. The van der Waals surface area contributed by atoms with Crippen LogP contribution in [0.2, 0.25) is 0 Å². The molecule has 0 radical (unpaired) electrons. The van der Waals surface area contributed by atoms with E-state index in [2.05, 4.69) is 20.3 Å². The first-order valence-corrected chi connectivity index (χ1v) is 8.45. The molecule has 3 aromatic heterocycles. The van der Waals surface area contributed by atoms with E-state index in [1.54, 1.807) is 36.7 Å². The highest BCUT2D eigenvalue weighted by atomic mass is 19.1. The lowest BCUT2D eigenvalue weighted by atomic mass is 10.0. The number of halogens is 2. The van der Waals surface area contributed by atoms with Gasteiger partial charge < -0.3 is 5.32 Å². The van der Waals surface area contributed by atoms with Crippen LogP contribution in [0.3, 0.4) is 0 Å². The van der Waals surface area contributed by atoms with Crippen LogP contribution in [-0.2, 0) is 13.3 Å². The fraction of sp³-hybridized carbons (Fsp3) is 0.0952. The summed E-state index contributed by atoms with van der Waals surface area (Å²) < 4.78 is 25.9. The molecule has 1 aromatic carbocycles. The van der Waals surface area contributed by atoms with Crippen LogP contribution in [0.5, 0.6) is 0 Å². The number of anilines is 2. The van der Waals surface area contributed by atoms with Crippen LogP contribution in [0.25, 0.3) is 22.2 Å². The van der Waals surface area contributed by atoms with Gasteiger partial charge in [0.25, 0.3) is 0 Å². The second kappa shape index (κ2) is 7.45. The molecule has 0 saturated heterocycles. The molecule has 0 aliphatic heterocycles. The first-order valence-electron chi connectivity index (χ1n) is 8.45. The molecule has 0 amide bonds. The van der Waals surface area contributed by atoms with Crippen molar-refractivity contribution in [3.8, 4) is 11.3 Å². The normalized spacial score (nSPS) is 10.9. The van der Waals surface area contributed by atoms with Gasteiger partial charge in [-0.05, 0) is 24.3 Å². The molecule has 134 valence electrons. The van der Waals surface area contributed by atoms with E-state index in [1.165, 1.54) is 6.20 Å². The SMILES string of the molecule is FCc1ccc(Nc2ccnc3cc(-c4ncccc4CF)ccc23)nc1. The van der Waals surface area contributed by atoms with Crippen LogP contribution >= 0.6 is 0 Å². The van der Waals surface area contributed by atoms with Gasteiger partial charge >= 0.3 is 0 Å². The number of pyridine rings is 3. The molecule has 0 aliphatic rings. The fourth-order valence-electron chi connectivity index (χ4n) is 2.93. The first kappa shape index (κ1) is 17.0. The zero-order valence-electron chi connectivity index (χ0n) is 14.4. The topological polar surface area (TPSA) is 50.7 Å². The van der Waals surface area contributed by atoms with Gasteiger partial charge in [-0.1, -0.05) is 24.3 Å². The molecule has 0 unspecified atom stereocenters. The Morgan fingerprint density at radius 3 is 2.56 bits per heavy atom. The molecule has 1 N–H and O–H groups in total. The maximum absolute atomic E-state index is 13.2. The predicted octanol–water partition coefficient (Wildman–Crippen LogP) is 5.37. The van der Waals surface area contributed by atoms with Gasteiger partial charge in [0.2, 0.25) is 0 Å². The summed E-state index contributed by atoms with van der Waals surface area (Å²) in [5.74, 6) is 0.619. The van der Waals surface area contributed by atoms with Gasteiger partial charge in [-0.15, -0.1) is 0 Å². The third kappa shape index (κ3) is 3.46. The lowest BCUT2D eigenvalue weighted by Gasteiger charge is -2.11. The summed E-state index contributed by atoms with van der Waals surface area (Å²) in [5.41, 5.74) is 4.09. The van der Waals surface area contributed by atoms with E-state index >= 15 is 0 Å². The molecule has 0 bridgehead atoms. The largest absolute Gasteiger partial charge is 0.340 e. The number of nitrogens with zero attached hydrogens (tertiary/aromatic N) is 3. The molecule has 4 rings (SSSR count). The van der Waals surface area contributed by atoms with Crippen LogP contribution in [0.15, 0.2) is 67.1 Å². The minimum absolute atomic E-state index is 0.531.